The number of hydrogen-bond donors (Lipinski definition) is 0. The maximum absolute atomic E-state index is 2.55. The van der Waals surface area contributed by atoms with Gasteiger partial charge in [0, 0.05) is 0 Å². The molecule has 428 valence electrons. The third-order valence-corrected chi connectivity index (χ3v) is 37.9. The van der Waals surface area contributed by atoms with E-state index in [2.05, 4.69) is 263 Å². The largest absolute Gasteiger partial charge is 2.00 e. The molecule has 0 saturated heterocycles. The van der Waals surface area contributed by atoms with Crippen LogP contribution in [-0.2, 0) is 77.5 Å². The van der Waals surface area contributed by atoms with Gasteiger partial charge in [0.2, 0.25) is 0 Å². The van der Waals surface area contributed by atoms with Crippen molar-refractivity contribution in [2.24, 2.45) is 0 Å². The van der Waals surface area contributed by atoms with Gasteiger partial charge in [-0.3, -0.25) is 0 Å². The van der Waals surface area contributed by atoms with E-state index in [4.69, 9.17) is 0 Å². The minimum atomic E-state index is -1.35. The van der Waals surface area contributed by atoms with E-state index in [1.54, 1.807) is 6.54 Å². The molecule has 0 saturated carbocycles. The van der Waals surface area contributed by atoms with Gasteiger partial charge in [0.1, 0.15) is 0 Å². The van der Waals surface area contributed by atoms with E-state index >= 15 is 0 Å². The van der Waals surface area contributed by atoms with E-state index in [0.29, 0.717) is 0 Å². The van der Waals surface area contributed by atoms with Crippen LogP contribution in [0.5, 0.6) is 0 Å². The van der Waals surface area contributed by atoms with Gasteiger partial charge < -0.3 is 0 Å². The Labute approximate surface area is 527 Å². The van der Waals surface area contributed by atoms with E-state index in [1.807, 2.05) is 60.7 Å². The quantitative estimate of drug-likeness (QED) is 0.115. The van der Waals surface area contributed by atoms with Crippen LogP contribution < -0.4 is 6.54 Å². The zero-order valence-corrected chi connectivity index (χ0v) is 62.8. The average Bonchev–Trinajstić information content (AvgIpc) is 4.18. The van der Waals surface area contributed by atoms with Crippen LogP contribution in [0.1, 0.15) is 211 Å². The predicted octanol–water partition coefficient (Wildman–Crippen LogP) is 20.3. The van der Waals surface area contributed by atoms with E-state index in [-0.39, 0.29) is 77.5 Å². The molecule has 0 aromatic heterocycles. The van der Waals surface area contributed by atoms with Crippen LogP contribution in [-0.4, -0.2) is 35.6 Å². The molecule has 0 amide bonds. The Balaban J connectivity index is 0.00000103. The second-order valence-corrected chi connectivity index (χ2v) is 49.0. The molecule has 0 unspecified atom stereocenters. The normalized spacial score (nSPS) is 12.8. The molecule has 80 heavy (non-hydrogen) atoms. The van der Waals surface area contributed by atoms with Crippen molar-refractivity contribution in [3.05, 3.63) is 202 Å². The van der Waals surface area contributed by atoms with E-state index < -0.39 is 35.6 Å². The monoisotopic (exact) mass is 1540 g/mol. The van der Waals surface area contributed by atoms with Crippen molar-refractivity contribution < 1.29 is 34.1 Å². The molecule has 0 atom stereocenters. The van der Waals surface area contributed by atoms with Crippen LogP contribution in [0.3, 0.4) is 0 Å². The molecule has 0 N–H and O–H groups in total. The predicted molar refractivity (Wildman–Crippen MR) is 350 cm³/mol. The Morgan fingerprint density at radius 2 is 0.588 bits per heavy atom. The summed E-state index contributed by atoms with van der Waals surface area (Å²) in [5, 5.41) is 0. The zero-order valence-electron chi connectivity index (χ0n) is 53.6. The molecule has 8 aromatic rings. The first kappa shape index (κ1) is 69.6. The van der Waals surface area contributed by atoms with Crippen LogP contribution >= 0.6 is 0 Å². The van der Waals surface area contributed by atoms with E-state index in [1.165, 1.54) is 89.0 Å². The number of hydrogen-bond acceptors (Lipinski definition) is 0. The summed E-state index contributed by atoms with van der Waals surface area (Å²) in [6.45, 7) is 57.1. The van der Waals surface area contributed by atoms with Gasteiger partial charge in [-0.1, -0.05) is 0 Å². The van der Waals surface area contributed by atoms with Crippen molar-refractivity contribution in [2.45, 2.75) is 209 Å². The molecule has 0 bridgehead atoms. The van der Waals surface area contributed by atoms with Crippen LogP contribution in [0, 0.1) is 0 Å². The average molecular weight is 1540 g/mol. The van der Waals surface area contributed by atoms with Crippen molar-refractivity contribution in [1.29, 1.82) is 0 Å². The van der Waals surface area contributed by atoms with E-state index in [9.17, 15) is 0 Å². The van der Waals surface area contributed by atoms with Gasteiger partial charge >= 0.3 is 472 Å². The summed E-state index contributed by atoms with van der Waals surface area (Å²) >= 11 is -2.71. The fourth-order valence-electron chi connectivity index (χ4n) is 9.42. The van der Waals surface area contributed by atoms with Gasteiger partial charge in [-0.15, -0.1) is 0 Å². The van der Waals surface area contributed by atoms with Gasteiger partial charge in [0.15, 0.2) is 0 Å². The zero-order chi connectivity index (χ0) is 58.2. The molecule has 0 fully saturated rings. The summed E-state index contributed by atoms with van der Waals surface area (Å²) in [5.41, 5.74) is 23.2. The third-order valence-electron chi connectivity index (χ3n) is 15.1. The second-order valence-electron chi connectivity index (χ2n) is 30.3. The summed E-state index contributed by atoms with van der Waals surface area (Å²) in [5.74, 6) is 0. The molecule has 0 nitrogen and oxygen atoms in total. The Morgan fingerprint density at radius 3 is 0.838 bits per heavy atom. The minimum absolute atomic E-state index is 0. The van der Waals surface area contributed by atoms with Crippen LogP contribution in [0.15, 0.2) is 158 Å². The van der Waals surface area contributed by atoms with Crippen LogP contribution in [0.2, 0.25) is 0 Å². The van der Waals surface area contributed by atoms with Crippen molar-refractivity contribution in [3.63, 3.8) is 0 Å². The molecule has 8 rings (SSSR count). The Hall–Kier alpha value is -2.91. The first-order valence-corrected chi connectivity index (χ1v) is 47.4. The van der Waals surface area contributed by atoms with Crippen LogP contribution in [0.4, 0.5) is 0 Å². The molecule has 8 aromatic carbocycles. The van der Waals surface area contributed by atoms with Crippen molar-refractivity contribution in [3.8, 4) is 44.5 Å². The fraction of sp³-hybridized carbons (Fsp3) is 0.421. The Bertz CT molecular complexity index is 2700. The van der Waals surface area contributed by atoms with Gasteiger partial charge in [0.25, 0.3) is 0 Å². The SMILES string of the molecule is CC(C)(C)c1cc(-c2cc[c-](-c3cc(C(C)(C)C)cc(C(C)(C)C)c3)[c]2[Bi]=[Bi][c-]2c(-c3cc(C(C)(C)C)cc(C(C)(C)C)c3)ccc2-c2cc(C(C)(C)C)cc(C(C)(C)C)c2)cc(C(C)(C)C)c1.[Fe+2].[Fe+2].c1cc[cH-]c1.c1cc[cH-]c1. The molecular formula is C76H98Bi2Fe2. The van der Waals surface area contributed by atoms with E-state index in [0.717, 1.165) is 0 Å². The summed E-state index contributed by atoms with van der Waals surface area (Å²) in [7, 11) is 0. The molecule has 0 aliphatic carbocycles. The van der Waals surface area contributed by atoms with Gasteiger partial charge in [0.05, 0.1) is 0 Å². The molecule has 0 spiro atoms. The standard InChI is InChI=1S/2C33H44.2C5H5.2Bi.2Fe/c2*1-30(2,3)26-16-24(17-27(20-26)31(4,5)6)22-13-14-23(15-22)25-18-28(32(7,8)9)21-29(19-25)33(10,11)12;2*1-2-4-5-3-1;;;;/h2*13-14,16-21H,1-12H3;2*1-5H;;;;/q4*-1;;;2*+2. The van der Waals surface area contributed by atoms with Crippen LogP contribution in [0.25, 0.3) is 44.5 Å². The van der Waals surface area contributed by atoms with Crippen molar-refractivity contribution >= 4 is 42.1 Å². The Morgan fingerprint density at radius 1 is 0.325 bits per heavy atom. The first-order valence-electron chi connectivity index (χ1n) is 28.7. The van der Waals surface area contributed by atoms with Gasteiger partial charge in [-0.2, -0.15) is 36.4 Å². The number of benzene rings is 4. The minimum Gasteiger partial charge on any atom is -0.214 e. The third kappa shape index (κ3) is 18.3. The fourth-order valence-corrected chi connectivity index (χ4v) is 36.6. The first-order chi connectivity index (χ1) is 35.7. The maximum atomic E-state index is 2.55. The topological polar surface area (TPSA) is 0 Å². The maximum Gasteiger partial charge on any atom is 2.00 e. The van der Waals surface area contributed by atoms with Gasteiger partial charge in [-0.05, 0) is 0 Å². The second kappa shape index (κ2) is 26.6. The van der Waals surface area contributed by atoms with Crippen molar-refractivity contribution in [2.75, 3.05) is 0 Å². The smallest absolute Gasteiger partial charge is 0.214 e. The summed E-state index contributed by atoms with van der Waals surface area (Å²) < 4.78 is 3.41. The Kier molecular flexibility index (Phi) is 23.1. The van der Waals surface area contributed by atoms with Crippen molar-refractivity contribution in [1.82, 2.24) is 0 Å². The molecular weight excluding hydrogens is 1440 g/mol. The summed E-state index contributed by atoms with van der Waals surface area (Å²) in [4.78, 5) is 0. The summed E-state index contributed by atoms with van der Waals surface area (Å²) in [6.07, 6.45) is 0. The van der Waals surface area contributed by atoms with Gasteiger partial charge in [-0.25, -0.2) is 24.3 Å². The molecule has 0 aliphatic rings. The summed E-state index contributed by atoms with van der Waals surface area (Å²) in [6, 6.07) is 60.5. The molecule has 0 radical (unpaired) electrons. The molecule has 4 heteroatoms. The molecule has 0 aliphatic heterocycles. The molecule has 0 heterocycles. The number of rotatable bonds is 6.